The lowest BCUT2D eigenvalue weighted by Crippen LogP contribution is -2.11. The normalized spacial score (nSPS) is 11.5. The summed E-state index contributed by atoms with van der Waals surface area (Å²) >= 11 is 4.79. The van der Waals surface area contributed by atoms with E-state index in [4.69, 9.17) is 17.3 Å². The first kappa shape index (κ1) is 10.9. The van der Waals surface area contributed by atoms with E-state index in [0.717, 1.165) is 10.2 Å². The lowest BCUT2D eigenvalue weighted by molar-refractivity contribution is 0.456. The SMILES string of the molecule is O=S(=O)(c1ccccc1)n1cc(O)[nH]c1=S. The molecule has 2 rings (SSSR count). The molecule has 5 nitrogen and oxygen atoms in total. The van der Waals surface area contributed by atoms with Crippen molar-refractivity contribution in [3.05, 3.63) is 41.3 Å². The van der Waals surface area contributed by atoms with Gasteiger partial charge in [-0.3, -0.25) is 0 Å². The van der Waals surface area contributed by atoms with Crippen LogP contribution in [0.1, 0.15) is 0 Å². The molecule has 0 saturated carbocycles. The summed E-state index contributed by atoms with van der Waals surface area (Å²) in [5.74, 6) is -0.287. The fourth-order valence-corrected chi connectivity index (χ4v) is 2.93. The van der Waals surface area contributed by atoms with Crippen LogP contribution < -0.4 is 0 Å². The summed E-state index contributed by atoms with van der Waals surface area (Å²) in [6.07, 6.45) is 1.03. The summed E-state index contributed by atoms with van der Waals surface area (Å²) in [5.41, 5.74) is 0. The molecule has 0 radical (unpaired) electrons. The second-order valence-corrected chi connectivity index (χ2v) is 5.26. The van der Waals surface area contributed by atoms with Gasteiger partial charge in [0.15, 0.2) is 4.77 Å². The van der Waals surface area contributed by atoms with E-state index >= 15 is 0 Å². The van der Waals surface area contributed by atoms with Crippen molar-refractivity contribution in [3.8, 4) is 5.88 Å². The fourth-order valence-electron chi connectivity index (χ4n) is 1.25. The molecule has 1 heterocycles. The number of H-pyrrole nitrogens is 1. The summed E-state index contributed by atoms with van der Waals surface area (Å²) in [5, 5.41) is 9.14. The van der Waals surface area contributed by atoms with Crippen molar-refractivity contribution in [2.24, 2.45) is 0 Å². The number of aromatic nitrogens is 2. The number of nitrogens with one attached hydrogen (secondary N) is 1. The van der Waals surface area contributed by atoms with E-state index in [-0.39, 0.29) is 15.5 Å². The number of benzene rings is 1. The Balaban J connectivity index is 2.65. The van der Waals surface area contributed by atoms with Crippen LogP contribution >= 0.6 is 12.2 Å². The van der Waals surface area contributed by atoms with Gasteiger partial charge < -0.3 is 10.1 Å². The van der Waals surface area contributed by atoms with E-state index in [9.17, 15) is 8.42 Å². The van der Waals surface area contributed by atoms with E-state index < -0.39 is 10.0 Å². The molecule has 0 atom stereocenters. The fraction of sp³-hybridized carbons (Fsp3) is 0. The Morgan fingerprint density at radius 1 is 1.25 bits per heavy atom. The number of nitrogens with zero attached hydrogens (tertiary/aromatic N) is 1. The third-order valence-corrected chi connectivity index (χ3v) is 4.06. The Bertz CT molecular complexity index is 656. The van der Waals surface area contributed by atoms with Crippen LogP contribution in [-0.4, -0.2) is 22.5 Å². The Morgan fingerprint density at radius 3 is 2.38 bits per heavy atom. The quantitative estimate of drug-likeness (QED) is 0.798. The average Bonchev–Trinajstić information content (AvgIpc) is 2.60. The number of aromatic hydroxyl groups is 1. The maximum atomic E-state index is 12.0. The van der Waals surface area contributed by atoms with E-state index in [1.807, 2.05) is 0 Å². The molecule has 1 aromatic carbocycles. The zero-order valence-electron chi connectivity index (χ0n) is 7.99. The molecule has 2 N–H and O–H groups in total. The smallest absolute Gasteiger partial charge is 0.270 e. The first-order valence-electron chi connectivity index (χ1n) is 4.33. The van der Waals surface area contributed by atoms with Gasteiger partial charge in [0, 0.05) is 0 Å². The van der Waals surface area contributed by atoms with Crippen LogP contribution in [0.15, 0.2) is 41.4 Å². The molecule has 0 unspecified atom stereocenters. The minimum absolute atomic E-state index is 0.0682. The molecule has 0 spiro atoms. The van der Waals surface area contributed by atoms with Crippen molar-refractivity contribution in [1.29, 1.82) is 0 Å². The third kappa shape index (κ3) is 1.74. The molecule has 16 heavy (non-hydrogen) atoms. The Hall–Kier alpha value is -1.60. The van der Waals surface area contributed by atoms with Crippen molar-refractivity contribution in [2.75, 3.05) is 0 Å². The standard InChI is InChI=1S/C9H8N2O3S2/c12-8-6-11(9(15)10-8)16(13,14)7-4-2-1-3-5-7/h1-6,12H,(H,10,15). The van der Waals surface area contributed by atoms with E-state index in [1.165, 1.54) is 12.1 Å². The van der Waals surface area contributed by atoms with Gasteiger partial charge in [-0.15, -0.1) is 0 Å². The molecule has 0 saturated heterocycles. The molecule has 2 aromatic rings. The van der Waals surface area contributed by atoms with Gasteiger partial charge in [-0.1, -0.05) is 18.2 Å². The third-order valence-electron chi connectivity index (χ3n) is 1.97. The topological polar surface area (TPSA) is 75.1 Å². The predicted molar refractivity (Wildman–Crippen MR) is 60.3 cm³/mol. The van der Waals surface area contributed by atoms with Gasteiger partial charge in [0.2, 0.25) is 5.88 Å². The summed E-state index contributed by atoms with van der Waals surface area (Å²) in [6, 6.07) is 7.86. The van der Waals surface area contributed by atoms with Gasteiger partial charge in [-0.2, -0.15) is 0 Å². The molecule has 0 aliphatic carbocycles. The molecule has 0 fully saturated rings. The van der Waals surface area contributed by atoms with Crippen LogP contribution in [0.5, 0.6) is 5.88 Å². The Morgan fingerprint density at radius 2 is 1.88 bits per heavy atom. The molecular formula is C9H8N2O3S2. The average molecular weight is 256 g/mol. The van der Waals surface area contributed by atoms with Crippen molar-refractivity contribution < 1.29 is 13.5 Å². The lowest BCUT2D eigenvalue weighted by atomic mass is 10.4. The first-order valence-corrected chi connectivity index (χ1v) is 6.18. The largest absolute Gasteiger partial charge is 0.493 e. The summed E-state index contributed by atoms with van der Waals surface area (Å²) in [6.45, 7) is 0. The number of hydrogen-bond donors (Lipinski definition) is 2. The Kier molecular flexibility index (Phi) is 2.56. The molecular weight excluding hydrogens is 248 g/mol. The van der Waals surface area contributed by atoms with Crippen molar-refractivity contribution in [3.63, 3.8) is 0 Å². The van der Waals surface area contributed by atoms with Crippen LogP contribution in [0, 0.1) is 4.77 Å². The Labute approximate surface area is 97.0 Å². The lowest BCUT2D eigenvalue weighted by Gasteiger charge is -2.03. The molecule has 84 valence electrons. The highest BCUT2D eigenvalue weighted by atomic mass is 32.2. The van der Waals surface area contributed by atoms with Gasteiger partial charge in [-0.05, 0) is 24.4 Å². The van der Waals surface area contributed by atoms with Crippen LogP contribution in [-0.2, 0) is 10.0 Å². The van der Waals surface area contributed by atoms with Crippen molar-refractivity contribution in [2.45, 2.75) is 4.90 Å². The second-order valence-electron chi connectivity index (χ2n) is 3.06. The van der Waals surface area contributed by atoms with Gasteiger partial charge >= 0.3 is 0 Å². The highest BCUT2D eigenvalue weighted by Crippen LogP contribution is 2.16. The molecule has 1 aromatic heterocycles. The summed E-state index contributed by atoms with van der Waals surface area (Å²) < 4.78 is 24.8. The van der Waals surface area contributed by atoms with Crippen molar-refractivity contribution in [1.82, 2.24) is 8.96 Å². The summed E-state index contributed by atoms with van der Waals surface area (Å²) in [7, 11) is -3.73. The second kappa shape index (κ2) is 3.76. The highest BCUT2D eigenvalue weighted by molar-refractivity contribution is 7.90. The molecule has 0 aliphatic rings. The van der Waals surface area contributed by atoms with Gasteiger partial charge in [0.25, 0.3) is 10.0 Å². The molecule has 7 heteroatoms. The number of aromatic amines is 1. The van der Waals surface area contributed by atoms with Crippen molar-refractivity contribution >= 4 is 22.2 Å². The van der Waals surface area contributed by atoms with Gasteiger partial charge in [0.05, 0.1) is 11.1 Å². The zero-order chi connectivity index (χ0) is 11.8. The minimum atomic E-state index is -3.73. The maximum absolute atomic E-state index is 12.0. The van der Waals surface area contributed by atoms with E-state index in [1.54, 1.807) is 18.2 Å². The zero-order valence-corrected chi connectivity index (χ0v) is 9.62. The molecule has 0 amide bonds. The number of rotatable bonds is 2. The number of hydrogen-bond acceptors (Lipinski definition) is 4. The predicted octanol–water partition coefficient (Wildman–Crippen LogP) is 1.49. The van der Waals surface area contributed by atoms with Crippen LogP contribution in [0.2, 0.25) is 0 Å². The van der Waals surface area contributed by atoms with E-state index in [2.05, 4.69) is 4.98 Å². The van der Waals surface area contributed by atoms with Crippen LogP contribution in [0.3, 0.4) is 0 Å². The maximum Gasteiger partial charge on any atom is 0.270 e. The number of imidazole rings is 1. The van der Waals surface area contributed by atoms with Crippen LogP contribution in [0.25, 0.3) is 0 Å². The van der Waals surface area contributed by atoms with Gasteiger partial charge in [0.1, 0.15) is 0 Å². The highest BCUT2D eigenvalue weighted by Gasteiger charge is 2.18. The van der Waals surface area contributed by atoms with Gasteiger partial charge in [-0.25, -0.2) is 12.4 Å². The molecule has 0 aliphatic heterocycles. The molecule has 0 bridgehead atoms. The van der Waals surface area contributed by atoms with Crippen LogP contribution in [0.4, 0.5) is 0 Å². The summed E-state index contributed by atoms with van der Waals surface area (Å²) in [4.78, 5) is 2.45. The monoisotopic (exact) mass is 256 g/mol. The van der Waals surface area contributed by atoms with E-state index in [0.29, 0.717) is 0 Å². The first-order chi connectivity index (χ1) is 7.51. The minimum Gasteiger partial charge on any atom is -0.493 e.